The lowest BCUT2D eigenvalue weighted by atomic mass is 10.0. The van der Waals surface area contributed by atoms with Crippen molar-refractivity contribution in [1.82, 2.24) is 19.3 Å². The maximum atomic E-state index is 12.5. The predicted octanol–water partition coefficient (Wildman–Crippen LogP) is 4.13. The van der Waals surface area contributed by atoms with Crippen LogP contribution in [0, 0.1) is 0 Å². The van der Waals surface area contributed by atoms with Crippen LogP contribution in [-0.2, 0) is 10.0 Å². The molecular weight excluding hydrogens is 469 g/mol. The number of halogens is 2. The van der Waals surface area contributed by atoms with Gasteiger partial charge in [-0.05, 0) is 31.0 Å². The van der Waals surface area contributed by atoms with Crippen LogP contribution in [0.5, 0.6) is 0 Å². The minimum absolute atomic E-state index is 0.187. The van der Waals surface area contributed by atoms with Crippen LogP contribution in [0.2, 0.25) is 10.0 Å². The molecule has 7 nitrogen and oxygen atoms in total. The Labute approximate surface area is 197 Å². The number of pyridine rings is 1. The molecule has 0 radical (unpaired) electrons. The zero-order valence-corrected chi connectivity index (χ0v) is 19.5. The van der Waals surface area contributed by atoms with Gasteiger partial charge in [-0.25, -0.2) is 13.4 Å². The van der Waals surface area contributed by atoms with Gasteiger partial charge >= 0.3 is 0 Å². The molecule has 1 aliphatic heterocycles. The van der Waals surface area contributed by atoms with Crippen LogP contribution in [0.1, 0.15) is 12.8 Å². The minimum atomic E-state index is -3.16. The smallest absolute Gasteiger partial charge is 0.217 e. The molecule has 1 saturated carbocycles. The van der Waals surface area contributed by atoms with Crippen LogP contribution in [0.15, 0.2) is 48.9 Å². The van der Waals surface area contributed by atoms with Crippen LogP contribution < -0.4 is 4.90 Å². The molecule has 2 aliphatic rings. The molecule has 1 aromatic carbocycles. The van der Waals surface area contributed by atoms with Crippen molar-refractivity contribution in [3.63, 3.8) is 0 Å². The Morgan fingerprint density at radius 1 is 0.906 bits per heavy atom. The number of anilines is 1. The first-order chi connectivity index (χ1) is 15.4. The number of rotatable bonds is 5. The largest absolute Gasteiger partial charge is 0.353 e. The molecule has 3 heterocycles. The summed E-state index contributed by atoms with van der Waals surface area (Å²) in [5.41, 5.74) is 2.94. The van der Waals surface area contributed by atoms with E-state index in [2.05, 4.69) is 9.88 Å². The fourth-order valence-corrected chi connectivity index (χ4v) is 6.02. The predicted molar refractivity (Wildman–Crippen MR) is 126 cm³/mol. The first-order valence-corrected chi connectivity index (χ1v) is 12.7. The highest BCUT2D eigenvalue weighted by Gasteiger charge is 2.41. The summed E-state index contributed by atoms with van der Waals surface area (Å²) in [6, 6.07) is 9.22. The molecule has 0 spiro atoms. The van der Waals surface area contributed by atoms with E-state index >= 15 is 0 Å². The van der Waals surface area contributed by atoms with Gasteiger partial charge in [0, 0.05) is 54.7 Å². The Balaban J connectivity index is 1.48. The number of aromatic nitrogens is 3. The Morgan fingerprint density at radius 2 is 1.62 bits per heavy atom. The van der Waals surface area contributed by atoms with E-state index in [0.717, 1.165) is 24.0 Å². The van der Waals surface area contributed by atoms with Gasteiger partial charge in [-0.1, -0.05) is 35.3 Å². The van der Waals surface area contributed by atoms with Crippen molar-refractivity contribution in [1.29, 1.82) is 0 Å². The maximum Gasteiger partial charge on any atom is 0.217 e. The van der Waals surface area contributed by atoms with Gasteiger partial charge in [0.05, 0.1) is 22.2 Å². The lowest BCUT2D eigenvalue weighted by Crippen LogP contribution is -2.49. The molecule has 0 amide bonds. The van der Waals surface area contributed by atoms with Crippen LogP contribution in [0.25, 0.3) is 22.5 Å². The summed E-state index contributed by atoms with van der Waals surface area (Å²) >= 11 is 12.5. The quantitative estimate of drug-likeness (QED) is 0.535. The van der Waals surface area contributed by atoms with Gasteiger partial charge in [0.15, 0.2) is 0 Å². The molecule has 0 atom stereocenters. The Kier molecular flexibility index (Phi) is 5.79. The second kappa shape index (κ2) is 8.59. The standard InChI is InChI=1S/C22H21Cl2N5O2S/c23-16-3-1-15(2-4-16)21-22(18-7-8-25-13-19(18)24)27-20(14-26-21)28-9-11-29(12-10-28)32(30,31)17-5-6-17/h1-4,7-8,13-14,17H,5-6,9-12H2. The van der Waals surface area contributed by atoms with Gasteiger partial charge < -0.3 is 4.90 Å². The van der Waals surface area contributed by atoms with Crippen LogP contribution >= 0.6 is 23.2 Å². The van der Waals surface area contributed by atoms with Crippen molar-refractivity contribution in [2.45, 2.75) is 18.1 Å². The number of nitrogens with zero attached hydrogens (tertiary/aromatic N) is 5. The third kappa shape index (κ3) is 4.20. The third-order valence-electron chi connectivity index (χ3n) is 5.77. The summed E-state index contributed by atoms with van der Waals surface area (Å²) < 4.78 is 26.7. The molecule has 3 aromatic rings. The van der Waals surface area contributed by atoms with Gasteiger partial charge in [-0.3, -0.25) is 9.97 Å². The Bertz CT molecular complexity index is 1240. The Hall–Kier alpha value is -2.26. The van der Waals surface area contributed by atoms with E-state index in [1.807, 2.05) is 30.3 Å². The normalized spacial score (nSPS) is 17.5. The van der Waals surface area contributed by atoms with Crippen LogP contribution in [0.4, 0.5) is 5.82 Å². The Morgan fingerprint density at radius 3 is 2.28 bits per heavy atom. The monoisotopic (exact) mass is 489 g/mol. The second-order valence-corrected chi connectivity index (χ2v) is 11.0. The highest BCUT2D eigenvalue weighted by molar-refractivity contribution is 7.90. The molecular formula is C22H21Cl2N5O2S. The van der Waals surface area contributed by atoms with Gasteiger partial charge in [-0.15, -0.1) is 0 Å². The van der Waals surface area contributed by atoms with Crippen LogP contribution in [0.3, 0.4) is 0 Å². The second-order valence-electron chi connectivity index (χ2n) is 7.92. The SMILES string of the molecule is O=S(=O)(C1CC1)N1CCN(c2cnc(-c3ccc(Cl)cc3)c(-c3ccncc3Cl)n2)CC1. The molecule has 2 aromatic heterocycles. The fraction of sp³-hybridized carbons (Fsp3) is 0.318. The first kappa shape index (κ1) is 21.6. The zero-order valence-electron chi connectivity index (χ0n) is 17.2. The van der Waals surface area contributed by atoms with Crippen molar-refractivity contribution in [2.75, 3.05) is 31.1 Å². The molecule has 1 saturated heterocycles. The van der Waals surface area contributed by atoms with E-state index in [0.29, 0.717) is 53.4 Å². The van der Waals surface area contributed by atoms with Gasteiger partial charge in [-0.2, -0.15) is 4.31 Å². The van der Waals surface area contributed by atoms with Gasteiger partial charge in [0.25, 0.3) is 0 Å². The molecule has 0 unspecified atom stereocenters. The van der Waals surface area contributed by atoms with Gasteiger partial charge in [0.1, 0.15) is 11.5 Å². The van der Waals surface area contributed by atoms with Crippen LogP contribution in [-0.4, -0.2) is 59.1 Å². The van der Waals surface area contributed by atoms with Crippen molar-refractivity contribution in [3.05, 3.63) is 59.0 Å². The maximum absolute atomic E-state index is 12.5. The van der Waals surface area contributed by atoms with Crippen molar-refractivity contribution < 1.29 is 8.42 Å². The summed E-state index contributed by atoms with van der Waals surface area (Å²) in [7, 11) is -3.16. The highest BCUT2D eigenvalue weighted by Crippen LogP contribution is 2.35. The van der Waals surface area contributed by atoms with E-state index in [9.17, 15) is 8.42 Å². The van der Waals surface area contributed by atoms with E-state index in [1.165, 1.54) is 0 Å². The lowest BCUT2D eigenvalue weighted by Gasteiger charge is -2.34. The average molecular weight is 490 g/mol. The van der Waals surface area contributed by atoms with Gasteiger partial charge in [0.2, 0.25) is 10.0 Å². The molecule has 32 heavy (non-hydrogen) atoms. The van der Waals surface area contributed by atoms with Crippen molar-refractivity contribution in [2.24, 2.45) is 0 Å². The summed E-state index contributed by atoms with van der Waals surface area (Å²) in [5, 5.41) is 0.934. The number of sulfonamides is 1. The third-order valence-corrected chi connectivity index (χ3v) is 8.73. The summed E-state index contributed by atoms with van der Waals surface area (Å²) in [6.45, 7) is 2.02. The van der Waals surface area contributed by atoms with Crippen molar-refractivity contribution in [3.8, 4) is 22.5 Å². The lowest BCUT2D eigenvalue weighted by molar-refractivity contribution is 0.383. The van der Waals surface area contributed by atoms with E-state index < -0.39 is 10.0 Å². The molecule has 5 rings (SSSR count). The minimum Gasteiger partial charge on any atom is -0.353 e. The molecule has 2 fully saturated rings. The van der Waals surface area contributed by atoms with E-state index in [1.54, 1.807) is 22.9 Å². The summed E-state index contributed by atoms with van der Waals surface area (Å²) in [4.78, 5) is 15.8. The first-order valence-electron chi connectivity index (χ1n) is 10.4. The number of piperazine rings is 1. The molecule has 0 bridgehead atoms. The summed E-state index contributed by atoms with van der Waals surface area (Å²) in [6.07, 6.45) is 6.53. The number of benzene rings is 1. The number of hydrogen-bond donors (Lipinski definition) is 0. The van der Waals surface area contributed by atoms with E-state index in [4.69, 9.17) is 33.2 Å². The molecule has 1 aliphatic carbocycles. The summed E-state index contributed by atoms with van der Waals surface area (Å²) in [5.74, 6) is 0.689. The van der Waals surface area contributed by atoms with E-state index in [-0.39, 0.29) is 5.25 Å². The molecule has 0 N–H and O–H groups in total. The number of hydrogen-bond acceptors (Lipinski definition) is 6. The fourth-order valence-electron chi connectivity index (χ4n) is 3.85. The molecule has 166 valence electrons. The highest BCUT2D eigenvalue weighted by atomic mass is 35.5. The average Bonchev–Trinajstić information content (AvgIpc) is 3.66. The zero-order chi connectivity index (χ0) is 22.3. The molecule has 10 heteroatoms. The van der Waals surface area contributed by atoms with Crippen molar-refractivity contribution >= 4 is 39.0 Å². The topological polar surface area (TPSA) is 79.3 Å².